The second-order valence-corrected chi connectivity index (χ2v) is 9.86. The van der Waals surface area contributed by atoms with Crippen molar-refractivity contribution in [3.8, 4) is 22.5 Å². The van der Waals surface area contributed by atoms with Gasteiger partial charge in [0, 0.05) is 60.9 Å². The molecule has 1 fully saturated rings. The molecule has 4 heterocycles. The molecule has 1 aliphatic heterocycles. The minimum absolute atomic E-state index is 0.199. The summed E-state index contributed by atoms with van der Waals surface area (Å²) in [5.74, 6) is -2.45. The predicted octanol–water partition coefficient (Wildman–Crippen LogP) is 5.91. The summed E-state index contributed by atoms with van der Waals surface area (Å²) in [5.41, 5.74) is 6.86. The summed E-state index contributed by atoms with van der Waals surface area (Å²) in [6.45, 7) is 0.825. The number of nitrogens with one attached hydrogen (secondary N) is 2. The Morgan fingerprint density at radius 3 is 2.55 bits per heavy atom. The quantitative estimate of drug-likeness (QED) is 0.304. The molecule has 2 aromatic carbocycles. The lowest BCUT2D eigenvalue weighted by atomic mass is 9.80. The maximum atomic E-state index is 13.3. The number of amides is 1. The molecule has 0 radical (unpaired) electrons. The summed E-state index contributed by atoms with van der Waals surface area (Å²) in [4.78, 5) is 23.8. The molecule has 190 valence electrons. The normalized spacial score (nSPS) is 16.4. The van der Waals surface area contributed by atoms with Gasteiger partial charge in [0.2, 0.25) is 11.8 Å². The van der Waals surface area contributed by atoms with E-state index in [1.54, 1.807) is 23.4 Å². The fraction of sp³-hybridized carbons (Fsp3) is 0.214. The summed E-state index contributed by atoms with van der Waals surface area (Å²) in [6.07, 6.45) is 4.47. The highest BCUT2D eigenvalue weighted by atomic mass is 19.3. The molecule has 8 nitrogen and oxygen atoms in total. The first-order valence-electron chi connectivity index (χ1n) is 12.3. The highest BCUT2D eigenvalue weighted by Gasteiger charge is 2.50. The lowest BCUT2D eigenvalue weighted by Gasteiger charge is -2.36. The largest absolute Gasteiger partial charge is 0.459 e. The van der Waals surface area contributed by atoms with Gasteiger partial charge in [-0.05, 0) is 34.9 Å². The molecule has 0 atom stereocenters. The standard InChI is InChI=1S/C28H22F2N6O2/c29-28(30)10-20(11-28)27(37)36-14-18-2-1-17(9-19(18)15-36)25-34-23-7-8-38-24(23)26(35-25)33-22-5-3-16(4-6-22)21-12-31-32-13-21/h1-9,12-13,20H,10-11,14-15H2,(H,31,32)(H,33,34,35). The Morgan fingerprint density at radius 1 is 1.00 bits per heavy atom. The van der Waals surface area contributed by atoms with E-state index in [0.29, 0.717) is 35.8 Å². The number of carbonyl (C=O) groups is 1. The van der Waals surface area contributed by atoms with Crippen molar-refractivity contribution in [2.24, 2.45) is 5.92 Å². The molecule has 5 aromatic rings. The van der Waals surface area contributed by atoms with Gasteiger partial charge in [0.25, 0.3) is 0 Å². The number of H-pyrrole nitrogens is 1. The first-order valence-corrected chi connectivity index (χ1v) is 12.3. The number of benzene rings is 2. The molecule has 1 aliphatic carbocycles. The molecular weight excluding hydrogens is 490 g/mol. The van der Waals surface area contributed by atoms with E-state index in [-0.39, 0.29) is 18.7 Å². The Labute approximate surface area is 215 Å². The smallest absolute Gasteiger partial charge is 0.249 e. The van der Waals surface area contributed by atoms with Crippen molar-refractivity contribution in [1.29, 1.82) is 0 Å². The highest BCUT2D eigenvalue weighted by Crippen LogP contribution is 2.44. The zero-order valence-electron chi connectivity index (χ0n) is 20.1. The molecule has 0 bridgehead atoms. The molecule has 7 rings (SSSR count). The van der Waals surface area contributed by atoms with Gasteiger partial charge in [-0.25, -0.2) is 18.7 Å². The molecule has 2 aliphatic rings. The van der Waals surface area contributed by atoms with E-state index < -0.39 is 11.8 Å². The van der Waals surface area contributed by atoms with Gasteiger partial charge in [0.15, 0.2) is 17.2 Å². The maximum Gasteiger partial charge on any atom is 0.249 e. The van der Waals surface area contributed by atoms with Gasteiger partial charge < -0.3 is 14.6 Å². The Morgan fingerprint density at radius 2 is 1.79 bits per heavy atom. The lowest BCUT2D eigenvalue weighted by Crippen LogP contribution is -2.45. The topological polar surface area (TPSA) is 99.9 Å². The number of fused-ring (bicyclic) bond motifs is 2. The van der Waals surface area contributed by atoms with Gasteiger partial charge in [-0.2, -0.15) is 5.10 Å². The average Bonchev–Trinajstić information content (AvgIpc) is 3.67. The van der Waals surface area contributed by atoms with Crippen LogP contribution in [0.5, 0.6) is 0 Å². The third-order valence-corrected chi connectivity index (χ3v) is 7.22. The van der Waals surface area contributed by atoms with E-state index in [1.165, 1.54) is 0 Å². The van der Waals surface area contributed by atoms with Gasteiger partial charge in [0.1, 0.15) is 5.52 Å². The summed E-state index contributed by atoms with van der Waals surface area (Å²) < 4.78 is 32.2. The average molecular weight is 513 g/mol. The Kier molecular flexibility index (Phi) is 5.04. The fourth-order valence-electron chi connectivity index (χ4n) is 5.15. The number of halogens is 2. The first-order chi connectivity index (χ1) is 18.4. The van der Waals surface area contributed by atoms with Crippen LogP contribution in [-0.2, 0) is 17.9 Å². The molecule has 2 N–H and O–H groups in total. The van der Waals surface area contributed by atoms with Crippen molar-refractivity contribution in [2.75, 3.05) is 5.32 Å². The fourth-order valence-corrected chi connectivity index (χ4v) is 5.15. The number of aromatic amines is 1. The van der Waals surface area contributed by atoms with E-state index in [9.17, 15) is 13.6 Å². The van der Waals surface area contributed by atoms with Crippen molar-refractivity contribution in [2.45, 2.75) is 31.9 Å². The molecular formula is C28H22F2N6O2. The molecule has 1 amide bonds. The number of aromatic nitrogens is 4. The molecule has 38 heavy (non-hydrogen) atoms. The van der Waals surface area contributed by atoms with Crippen LogP contribution >= 0.6 is 0 Å². The molecule has 3 aromatic heterocycles. The van der Waals surface area contributed by atoms with E-state index in [4.69, 9.17) is 9.40 Å². The van der Waals surface area contributed by atoms with Crippen LogP contribution < -0.4 is 5.32 Å². The SMILES string of the molecule is O=C(C1CC(F)(F)C1)N1Cc2ccc(-c3nc(Nc4ccc(-c5cn[nH]c5)cc4)c4occc4n3)cc2C1. The van der Waals surface area contributed by atoms with Crippen molar-refractivity contribution in [3.05, 3.63) is 78.3 Å². The first kappa shape index (κ1) is 22.6. The van der Waals surface area contributed by atoms with Crippen LogP contribution in [0, 0.1) is 5.92 Å². The minimum Gasteiger partial charge on any atom is -0.459 e. The summed E-state index contributed by atoms with van der Waals surface area (Å²) >= 11 is 0. The van der Waals surface area contributed by atoms with E-state index in [0.717, 1.165) is 33.5 Å². The second-order valence-electron chi connectivity index (χ2n) is 9.86. The number of alkyl halides is 2. The van der Waals surface area contributed by atoms with Crippen LogP contribution in [-0.4, -0.2) is 36.9 Å². The van der Waals surface area contributed by atoms with Crippen LogP contribution in [0.1, 0.15) is 24.0 Å². The van der Waals surface area contributed by atoms with Crippen molar-refractivity contribution in [1.82, 2.24) is 25.1 Å². The second kappa shape index (κ2) is 8.47. The van der Waals surface area contributed by atoms with Gasteiger partial charge in [0.05, 0.1) is 12.5 Å². The van der Waals surface area contributed by atoms with Crippen LogP contribution in [0.15, 0.2) is 71.6 Å². The molecule has 10 heteroatoms. The van der Waals surface area contributed by atoms with Crippen LogP contribution in [0.4, 0.5) is 20.3 Å². The van der Waals surface area contributed by atoms with E-state index in [1.807, 2.05) is 48.7 Å². The zero-order chi connectivity index (χ0) is 25.9. The molecule has 0 saturated heterocycles. The molecule has 0 spiro atoms. The Balaban J connectivity index is 1.14. The highest BCUT2D eigenvalue weighted by molar-refractivity contribution is 5.88. The predicted molar refractivity (Wildman–Crippen MR) is 136 cm³/mol. The monoisotopic (exact) mass is 512 g/mol. The van der Waals surface area contributed by atoms with Crippen molar-refractivity contribution < 1.29 is 18.0 Å². The number of furan rings is 1. The van der Waals surface area contributed by atoms with Crippen LogP contribution in [0.25, 0.3) is 33.6 Å². The van der Waals surface area contributed by atoms with Gasteiger partial charge in [-0.15, -0.1) is 0 Å². The van der Waals surface area contributed by atoms with E-state index >= 15 is 0 Å². The number of rotatable bonds is 5. The summed E-state index contributed by atoms with van der Waals surface area (Å²) in [5, 5.41) is 10.1. The Bertz CT molecular complexity index is 1660. The van der Waals surface area contributed by atoms with Gasteiger partial charge in [-0.3, -0.25) is 9.89 Å². The number of hydrogen-bond donors (Lipinski definition) is 2. The molecule has 1 saturated carbocycles. The molecule has 0 unspecified atom stereocenters. The lowest BCUT2D eigenvalue weighted by molar-refractivity contribution is -0.160. The van der Waals surface area contributed by atoms with E-state index in [2.05, 4.69) is 20.5 Å². The number of anilines is 2. The number of nitrogens with zero attached hydrogens (tertiary/aromatic N) is 4. The third-order valence-electron chi connectivity index (χ3n) is 7.22. The van der Waals surface area contributed by atoms with Gasteiger partial charge >= 0.3 is 0 Å². The van der Waals surface area contributed by atoms with Crippen molar-refractivity contribution in [3.63, 3.8) is 0 Å². The number of hydrogen-bond acceptors (Lipinski definition) is 6. The summed E-state index contributed by atoms with van der Waals surface area (Å²) in [6, 6.07) is 15.5. The number of carbonyl (C=O) groups excluding carboxylic acids is 1. The van der Waals surface area contributed by atoms with Crippen LogP contribution in [0.3, 0.4) is 0 Å². The third kappa shape index (κ3) is 3.98. The van der Waals surface area contributed by atoms with Gasteiger partial charge in [-0.1, -0.05) is 24.3 Å². The van der Waals surface area contributed by atoms with Crippen LogP contribution in [0.2, 0.25) is 0 Å². The Hall–Kier alpha value is -4.60. The van der Waals surface area contributed by atoms with Crippen molar-refractivity contribution >= 4 is 28.5 Å². The minimum atomic E-state index is -2.71. The maximum absolute atomic E-state index is 13.3. The zero-order valence-corrected chi connectivity index (χ0v) is 20.1. The summed E-state index contributed by atoms with van der Waals surface area (Å²) in [7, 11) is 0.